The summed E-state index contributed by atoms with van der Waals surface area (Å²) in [7, 11) is 0. The Hall–Kier alpha value is 0.390. The molecule has 0 bridgehead atoms. The molecule has 0 radical (unpaired) electrons. The molecule has 11 heavy (non-hydrogen) atoms. The molecule has 1 saturated heterocycles. The van der Waals surface area contributed by atoms with Gasteiger partial charge in [0.15, 0.2) is 0 Å². The summed E-state index contributed by atoms with van der Waals surface area (Å²) in [5.74, 6) is -1.08. The first-order valence-corrected chi connectivity index (χ1v) is 3.32. The smallest absolute Gasteiger partial charge is 0.550 e. The molecule has 0 amide bonds. The van der Waals surface area contributed by atoms with Gasteiger partial charge in [-0.15, -0.1) is 0 Å². The largest absolute Gasteiger partial charge is 1.00 e. The van der Waals surface area contributed by atoms with E-state index < -0.39 is 5.97 Å². The van der Waals surface area contributed by atoms with Gasteiger partial charge in [0.05, 0.1) is 0 Å². The third-order valence-electron chi connectivity index (χ3n) is 0.957. The molecule has 1 rings (SSSR count). The second kappa shape index (κ2) is 10.4. The molecule has 0 unspecified atom stereocenters. The van der Waals surface area contributed by atoms with Crippen molar-refractivity contribution in [2.75, 3.05) is 26.2 Å². The molecular formula is C6H13N2NaO2. The van der Waals surface area contributed by atoms with E-state index in [1.54, 1.807) is 0 Å². The number of hydrogen-bond donors (Lipinski definition) is 2. The SMILES string of the molecule is C1CNCCN1.CC(=O)[O-].[Na+]. The molecule has 2 N–H and O–H groups in total. The molecule has 0 spiro atoms. The Bertz CT molecular complexity index is 81.1. The monoisotopic (exact) mass is 168 g/mol. The number of carboxylic acids is 1. The molecule has 1 heterocycles. The third kappa shape index (κ3) is 17.9. The van der Waals surface area contributed by atoms with Gasteiger partial charge in [0, 0.05) is 32.1 Å². The molecule has 0 aromatic rings. The number of aliphatic carboxylic acids is 1. The van der Waals surface area contributed by atoms with Gasteiger partial charge in [-0.2, -0.15) is 0 Å². The molecular weight excluding hydrogens is 155 g/mol. The first-order valence-electron chi connectivity index (χ1n) is 3.32. The Morgan fingerprint density at radius 3 is 1.45 bits per heavy atom. The van der Waals surface area contributed by atoms with Gasteiger partial charge in [-0.3, -0.25) is 0 Å². The summed E-state index contributed by atoms with van der Waals surface area (Å²) in [6, 6.07) is 0. The van der Waals surface area contributed by atoms with Crippen molar-refractivity contribution < 1.29 is 39.5 Å². The summed E-state index contributed by atoms with van der Waals surface area (Å²) in [6.45, 7) is 5.53. The summed E-state index contributed by atoms with van der Waals surface area (Å²) in [6.07, 6.45) is 0. The van der Waals surface area contributed by atoms with Crippen molar-refractivity contribution in [1.82, 2.24) is 10.6 Å². The van der Waals surface area contributed by atoms with Crippen LogP contribution >= 0.6 is 0 Å². The molecule has 1 aliphatic rings. The average molecular weight is 168 g/mol. The molecule has 1 fully saturated rings. The van der Waals surface area contributed by atoms with Gasteiger partial charge < -0.3 is 20.5 Å². The topological polar surface area (TPSA) is 64.2 Å². The zero-order chi connectivity index (χ0) is 7.82. The van der Waals surface area contributed by atoms with Crippen molar-refractivity contribution in [3.63, 3.8) is 0 Å². The predicted octanol–water partition coefficient (Wildman–Crippen LogP) is -5.06. The zero-order valence-corrected chi connectivity index (χ0v) is 9.14. The fourth-order valence-corrected chi connectivity index (χ4v) is 0.604. The van der Waals surface area contributed by atoms with Gasteiger partial charge in [0.1, 0.15) is 0 Å². The van der Waals surface area contributed by atoms with E-state index in [0.717, 1.165) is 33.1 Å². The normalized spacial score (nSPS) is 15.4. The van der Waals surface area contributed by atoms with Crippen LogP contribution in [0.1, 0.15) is 6.92 Å². The fraction of sp³-hybridized carbons (Fsp3) is 0.833. The van der Waals surface area contributed by atoms with E-state index in [4.69, 9.17) is 9.90 Å². The zero-order valence-electron chi connectivity index (χ0n) is 7.14. The van der Waals surface area contributed by atoms with E-state index in [0.29, 0.717) is 0 Å². The number of piperazine rings is 1. The van der Waals surface area contributed by atoms with Gasteiger partial charge in [-0.25, -0.2) is 0 Å². The molecule has 0 aliphatic carbocycles. The second-order valence-electron chi connectivity index (χ2n) is 1.99. The van der Waals surface area contributed by atoms with Crippen LogP contribution in [-0.2, 0) is 4.79 Å². The van der Waals surface area contributed by atoms with Crippen molar-refractivity contribution in [2.24, 2.45) is 0 Å². The van der Waals surface area contributed by atoms with E-state index in [1.165, 1.54) is 0 Å². The van der Waals surface area contributed by atoms with Crippen LogP contribution in [0.15, 0.2) is 0 Å². The quantitative estimate of drug-likeness (QED) is 0.355. The van der Waals surface area contributed by atoms with Crippen molar-refractivity contribution >= 4 is 5.97 Å². The van der Waals surface area contributed by atoms with Crippen LogP contribution in [0.2, 0.25) is 0 Å². The van der Waals surface area contributed by atoms with Gasteiger partial charge in [0.25, 0.3) is 0 Å². The number of carboxylic acid groups (broad SMARTS) is 1. The molecule has 1 aliphatic heterocycles. The summed E-state index contributed by atoms with van der Waals surface area (Å²) in [5, 5.41) is 15.3. The van der Waals surface area contributed by atoms with Crippen LogP contribution < -0.4 is 45.3 Å². The van der Waals surface area contributed by atoms with Crippen LogP contribution in [0.4, 0.5) is 0 Å². The molecule has 0 aromatic heterocycles. The molecule has 4 nitrogen and oxygen atoms in total. The summed E-state index contributed by atoms with van der Waals surface area (Å²) in [4.78, 5) is 8.89. The fourth-order valence-electron chi connectivity index (χ4n) is 0.604. The summed E-state index contributed by atoms with van der Waals surface area (Å²) < 4.78 is 0. The second-order valence-corrected chi connectivity index (χ2v) is 1.99. The van der Waals surface area contributed by atoms with Crippen molar-refractivity contribution in [1.29, 1.82) is 0 Å². The third-order valence-corrected chi connectivity index (χ3v) is 0.957. The van der Waals surface area contributed by atoms with Gasteiger partial charge in [-0.05, 0) is 6.92 Å². The predicted molar refractivity (Wildman–Crippen MR) is 36.4 cm³/mol. The minimum Gasteiger partial charge on any atom is -0.550 e. The van der Waals surface area contributed by atoms with Crippen molar-refractivity contribution in [2.45, 2.75) is 6.92 Å². The Balaban J connectivity index is 0. The van der Waals surface area contributed by atoms with E-state index in [2.05, 4.69) is 10.6 Å². The Kier molecular flexibility index (Phi) is 13.2. The minimum atomic E-state index is -1.08. The standard InChI is InChI=1S/C4H10N2.C2H4O2.Na/c1-2-6-4-3-5-1;1-2(3)4;/h5-6H,1-4H2;1H3,(H,3,4);/q;;+1/p-1. The molecule has 5 heteroatoms. The number of carbonyl (C=O) groups is 1. The molecule has 0 aromatic carbocycles. The first-order chi connectivity index (χ1) is 4.73. The van der Waals surface area contributed by atoms with Crippen LogP contribution in [0.3, 0.4) is 0 Å². The van der Waals surface area contributed by atoms with Gasteiger partial charge >= 0.3 is 29.6 Å². The van der Waals surface area contributed by atoms with E-state index in [1.807, 2.05) is 0 Å². The van der Waals surface area contributed by atoms with E-state index in [9.17, 15) is 0 Å². The maximum absolute atomic E-state index is 8.89. The summed E-state index contributed by atoms with van der Waals surface area (Å²) >= 11 is 0. The maximum atomic E-state index is 8.89. The van der Waals surface area contributed by atoms with E-state index >= 15 is 0 Å². The molecule has 0 saturated carbocycles. The van der Waals surface area contributed by atoms with Crippen molar-refractivity contribution in [3.8, 4) is 0 Å². The maximum Gasteiger partial charge on any atom is 1.00 e. The Labute approximate surface area is 89.0 Å². The molecule has 60 valence electrons. The summed E-state index contributed by atoms with van der Waals surface area (Å²) in [5.41, 5.74) is 0. The van der Waals surface area contributed by atoms with Crippen molar-refractivity contribution in [3.05, 3.63) is 0 Å². The van der Waals surface area contributed by atoms with Crippen LogP contribution in [-0.4, -0.2) is 32.1 Å². The first kappa shape index (κ1) is 13.9. The van der Waals surface area contributed by atoms with Crippen LogP contribution in [0.25, 0.3) is 0 Å². The number of rotatable bonds is 0. The van der Waals surface area contributed by atoms with Gasteiger partial charge in [-0.1, -0.05) is 0 Å². The van der Waals surface area contributed by atoms with E-state index in [-0.39, 0.29) is 29.6 Å². The number of nitrogens with one attached hydrogen (secondary N) is 2. The molecule has 0 atom stereocenters. The Morgan fingerprint density at radius 1 is 1.18 bits per heavy atom. The number of hydrogen-bond acceptors (Lipinski definition) is 4. The van der Waals surface area contributed by atoms with Crippen LogP contribution in [0, 0.1) is 0 Å². The minimum absolute atomic E-state index is 0. The Morgan fingerprint density at radius 2 is 1.36 bits per heavy atom. The number of carbonyl (C=O) groups excluding carboxylic acids is 1. The van der Waals surface area contributed by atoms with Gasteiger partial charge in [0.2, 0.25) is 0 Å². The van der Waals surface area contributed by atoms with Crippen LogP contribution in [0.5, 0.6) is 0 Å². The average Bonchev–Trinajstić information content (AvgIpc) is 1.90.